The molecule has 0 aromatic carbocycles. The number of amides is 1. The summed E-state index contributed by atoms with van der Waals surface area (Å²) in [4.78, 5) is 13.4. The Balaban J connectivity index is 2.65. The van der Waals surface area contributed by atoms with E-state index in [4.69, 9.17) is 0 Å². The van der Waals surface area contributed by atoms with Crippen molar-refractivity contribution in [3.8, 4) is 0 Å². The molecule has 0 N–H and O–H groups in total. The molecular formula is C13H22F3NO2. The molecule has 2 atom stereocenters. The molecule has 19 heavy (non-hydrogen) atoms. The summed E-state index contributed by atoms with van der Waals surface area (Å²) in [5, 5.41) is 0. The van der Waals surface area contributed by atoms with E-state index < -0.39 is 18.9 Å². The highest BCUT2D eigenvalue weighted by Gasteiger charge is 2.39. The number of hydrogen-bond acceptors (Lipinski definition) is 2. The molecule has 0 radical (unpaired) electrons. The Kier molecular flexibility index (Phi) is 5.50. The van der Waals surface area contributed by atoms with Gasteiger partial charge in [-0.05, 0) is 31.6 Å². The summed E-state index contributed by atoms with van der Waals surface area (Å²) in [5.74, 6) is 0.401. The van der Waals surface area contributed by atoms with Gasteiger partial charge in [-0.15, -0.1) is 0 Å². The number of hydrogen-bond donors (Lipinski definition) is 0. The third-order valence-corrected chi connectivity index (χ3v) is 3.40. The fraction of sp³-hybridized carbons (Fsp3) is 0.923. The molecule has 0 aliphatic carbocycles. The summed E-state index contributed by atoms with van der Waals surface area (Å²) in [6, 6.07) is 0.00941. The van der Waals surface area contributed by atoms with Crippen molar-refractivity contribution in [1.29, 1.82) is 0 Å². The number of rotatable bonds is 4. The minimum atomic E-state index is -4.47. The first-order valence-electron chi connectivity index (χ1n) is 6.76. The molecule has 3 nitrogen and oxygen atoms in total. The molecule has 0 saturated carbocycles. The SMILES string of the molecule is CCC1CCC(CC(C)C)N1C(=O)OCC(F)(F)F. The molecule has 0 aromatic rings. The minimum absolute atomic E-state index is 0.00415. The first-order chi connectivity index (χ1) is 8.74. The molecule has 1 fully saturated rings. The van der Waals surface area contributed by atoms with Crippen LogP contribution in [0.1, 0.15) is 46.5 Å². The fourth-order valence-corrected chi connectivity index (χ4v) is 2.65. The van der Waals surface area contributed by atoms with Gasteiger partial charge in [-0.2, -0.15) is 13.2 Å². The van der Waals surface area contributed by atoms with E-state index in [2.05, 4.69) is 4.74 Å². The standard InChI is InChI=1S/C13H22F3NO2/c1-4-10-5-6-11(7-9(2)3)17(10)12(18)19-8-13(14,15)16/h9-11H,4-8H2,1-3H3. The molecule has 1 aliphatic rings. The lowest BCUT2D eigenvalue weighted by atomic mass is 10.0. The largest absolute Gasteiger partial charge is 0.440 e. The van der Waals surface area contributed by atoms with Crippen molar-refractivity contribution in [3.63, 3.8) is 0 Å². The molecule has 0 aromatic heterocycles. The monoisotopic (exact) mass is 281 g/mol. The van der Waals surface area contributed by atoms with Crippen LogP contribution < -0.4 is 0 Å². The number of halogens is 3. The number of alkyl halides is 3. The van der Waals surface area contributed by atoms with E-state index in [9.17, 15) is 18.0 Å². The zero-order valence-electron chi connectivity index (χ0n) is 11.7. The second kappa shape index (κ2) is 6.48. The van der Waals surface area contributed by atoms with E-state index in [1.54, 1.807) is 0 Å². The Bertz CT molecular complexity index is 305. The van der Waals surface area contributed by atoms with Crippen molar-refractivity contribution < 1.29 is 22.7 Å². The van der Waals surface area contributed by atoms with Gasteiger partial charge in [-0.3, -0.25) is 0 Å². The van der Waals surface area contributed by atoms with Crippen molar-refractivity contribution in [2.45, 2.75) is 64.7 Å². The zero-order chi connectivity index (χ0) is 14.6. The topological polar surface area (TPSA) is 29.5 Å². The van der Waals surface area contributed by atoms with Gasteiger partial charge in [0.05, 0.1) is 0 Å². The maximum atomic E-state index is 12.1. The van der Waals surface area contributed by atoms with E-state index in [1.165, 1.54) is 4.90 Å². The maximum absolute atomic E-state index is 12.1. The number of ether oxygens (including phenoxy) is 1. The van der Waals surface area contributed by atoms with Crippen molar-refractivity contribution in [3.05, 3.63) is 0 Å². The average molecular weight is 281 g/mol. The van der Waals surface area contributed by atoms with Crippen molar-refractivity contribution in [1.82, 2.24) is 4.90 Å². The smallest absolute Gasteiger partial charge is 0.422 e. The summed E-state index contributed by atoms with van der Waals surface area (Å²) >= 11 is 0. The third-order valence-electron chi connectivity index (χ3n) is 3.40. The Morgan fingerprint density at radius 1 is 1.32 bits per heavy atom. The van der Waals surface area contributed by atoms with Gasteiger partial charge in [-0.25, -0.2) is 4.79 Å². The average Bonchev–Trinajstić information content (AvgIpc) is 2.67. The molecule has 1 heterocycles. The number of carbonyl (C=O) groups is 1. The van der Waals surface area contributed by atoms with E-state index in [1.807, 2.05) is 20.8 Å². The maximum Gasteiger partial charge on any atom is 0.422 e. The lowest BCUT2D eigenvalue weighted by Gasteiger charge is -2.30. The van der Waals surface area contributed by atoms with Gasteiger partial charge in [0, 0.05) is 12.1 Å². The van der Waals surface area contributed by atoms with Crippen molar-refractivity contribution in [2.75, 3.05) is 6.61 Å². The zero-order valence-corrected chi connectivity index (χ0v) is 11.7. The first kappa shape index (κ1) is 16.1. The summed E-state index contributed by atoms with van der Waals surface area (Å²) in [6.07, 6.45) is -2.06. The van der Waals surface area contributed by atoms with E-state index in [0.717, 1.165) is 25.7 Å². The molecule has 1 amide bonds. The van der Waals surface area contributed by atoms with Crippen LogP contribution in [0.3, 0.4) is 0 Å². The lowest BCUT2D eigenvalue weighted by molar-refractivity contribution is -0.163. The van der Waals surface area contributed by atoms with Gasteiger partial charge in [0.1, 0.15) is 0 Å². The lowest BCUT2D eigenvalue weighted by Crippen LogP contribution is -2.43. The van der Waals surface area contributed by atoms with Crippen LogP contribution in [0.25, 0.3) is 0 Å². The van der Waals surface area contributed by atoms with Crippen LogP contribution in [0.15, 0.2) is 0 Å². The molecule has 1 aliphatic heterocycles. The van der Waals surface area contributed by atoms with Crippen LogP contribution >= 0.6 is 0 Å². The molecule has 1 rings (SSSR count). The Labute approximate surface area is 112 Å². The number of nitrogens with zero attached hydrogens (tertiary/aromatic N) is 1. The highest BCUT2D eigenvalue weighted by atomic mass is 19.4. The normalized spacial score (nSPS) is 24.1. The van der Waals surface area contributed by atoms with Crippen LogP contribution in [-0.2, 0) is 4.74 Å². The molecule has 2 unspecified atom stereocenters. The Morgan fingerprint density at radius 3 is 2.37 bits per heavy atom. The molecule has 0 bridgehead atoms. The van der Waals surface area contributed by atoms with E-state index >= 15 is 0 Å². The summed E-state index contributed by atoms with van der Waals surface area (Å²) in [7, 11) is 0. The van der Waals surface area contributed by atoms with E-state index in [-0.39, 0.29) is 12.1 Å². The predicted octanol–water partition coefficient (Wildman–Crippen LogP) is 3.97. The van der Waals surface area contributed by atoms with Gasteiger partial charge in [0.2, 0.25) is 0 Å². The van der Waals surface area contributed by atoms with Crippen LogP contribution in [-0.4, -0.2) is 35.9 Å². The summed E-state index contributed by atoms with van der Waals surface area (Å²) < 4.78 is 40.7. The molecular weight excluding hydrogens is 259 g/mol. The van der Waals surface area contributed by atoms with Gasteiger partial charge in [0.15, 0.2) is 6.61 Å². The molecule has 112 valence electrons. The predicted molar refractivity (Wildman–Crippen MR) is 65.8 cm³/mol. The van der Waals surface area contributed by atoms with Gasteiger partial charge in [-0.1, -0.05) is 20.8 Å². The van der Waals surface area contributed by atoms with E-state index in [0.29, 0.717) is 5.92 Å². The molecule has 1 saturated heterocycles. The van der Waals surface area contributed by atoms with Crippen LogP contribution in [0, 0.1) is 5.92 Å². The minimum Gasteiger partial charge on any atom is -0.440 e. The van der Waals surface area contributed by atoms with Gasteiger partial charge < -0.3 is 9.64 Å². The van der Waals surface area contributed by atoms with Crippen LogP contribution in [0.5, 0.6) is 0 Å². The number of carbonyl (C=O) groups excluding carboxylic acids is 1. The van der Waals surface area contributed by atoms with Crippen molar-refractivity contribution in [2.24, 2.45) is 5.92 Å². The summed E-state index contributed by atoms with van der Waals surface area (Å²) in [5.41, 5.74) is 0. The Morgan fingerprint density at radius 2 is 1.89 bits per heavy atom. The first-order valence-corrected chi connectivity index (χ1v) is 6.76. The third kappa shape index (κ3) is 4.91. The van der Waals surface area contributed by atoms with Crippen molar-refractivity contribution >= 4 is 6.09 Å². The fourth-order valence-electron chi connectivity index (χ4n) is 2.65. The second-order valence-corrected chi connectivity index (χ2v) is 5.50. The van der Waals surface area contributed by atoms with Crippen LogP contribution in [0.2, 0.25) is 0 Å². The second-order valence-electron chi connectivity index (χ2n) is 5.50. The molecule has 0 spiro atoms. The highest BCUT2D eigenvalue weighted by Crippen LogP contribution is 2.31. The van der Waals surface area contributed by atoms with Gasteiger partial charge >= 0.3 is 12.3 Å². The summed E-state index contributed by atoms with van der Waals surface area (Å²) in [6.45, 7) is 4.51. The quantitative estimate of drug-likeness (QED) is 0.780. The highest BCUT2D eigenvalue weighted by molar-refractivity contribution is 5.69. The Hall–Kier alpha value is -0.940. The van der Waals surface area contributed by atoms with Crippen LogP contribution in [0.4, 0.5) is 18.0 Å². The number of likely N-dealkylation sites (tertiary alicyclic amines) is 1. The molecule has 6 heteroatoms. The van der Waals surface area contributed by atoms with Gasteiger partial charge in [0.25, 0.3) is 0 Å².